The lowest BCUT2D eigenvalue weighted by molar-refractivity contribution is -0.135. The van der Waals surface area contributed by atoms with Gasteiger partial charge in [0.15, 0.2) is 5.69 Å². The zero-order chi connectivity index (χ0) is 26.7. The maximum absolute atomic E-state index is 14.0. The molecule has 1 aromatic heterocycles. The van der Waals surface area contributed by atoms with E-state index in [0.29, 0.717) is 27.8 Å². The number of methoxy groups -OCH3 is 3. The molecule has 37 heavy (non-hydrogen) atoms. The van der Waals surface area contributed by atoms with Crippen LogP contribution in [0.25, 0.3) is 11.0 Å². The molecule has 10 heteroatoms. The lowest BCUT2D eigenvalue weighted by atomic mass is 10.1. The maximum atomic E-state index is 14.0. The molecule has 9 nitrogen and oxygen atoms in total. The summed E-state index contributed by atoms with van der Waals surface area (Å²) in [6.07, 6.45) is 1.67. The van der Waals surface area contributed by atoms with E-state index in [1.165, 1.54) is 21.3 Å². The van der Waals surface area contributed by atoms with E-state index in [1.807, 2.05) is 12.1 Å². The molecule has 2 N–H and O–H groups in total. The Bertz CT molecular complexity index is 1510. The molecule has 1 aliphatic heterocycles. The van der Waals surface area contributed by atoms with Crippen LogP contribution in [0.5, 0.6) is 11.5 Å². The van der Waals surface area contributed by atoms with Gasteiger partial charge >= 0.3 is 11.9 Å². The van der Waals surface area contributed by atoms with Gasteiger partial charge in [-0.3, -0.25) is 9.36 Å². The molecule has 0 aliphatic carbocycles. The molecule has 0 amide bonds. The van der Waals surface area contributed by atoms with Gasteiger partial charge in [-0.05, 0) is 25.1 Å². The average molecular weight is 523 g/mol. The predicted octanol–water partition coefficient (Wildman–Crippen LogP) is 2.50. The van der Waals surface area contributed by atoms with Crippen LogP contribution in [-0.2, 0) is 14.3 Å². The first kappa shape index (κ1) is 25.9. The summed E-state index contributed by atoms with van der Waals surface area (Å²) in [5, 5.41) is -0.465. The van der Waals surface area contributed by atoms with Crippen LogP contribution >= 0.6 is 11.8 Å². The summed E-state index contributed by atoms with van der Waals surface area (Å²) < 4.78 is 22.4. The normalized spacial score (nSPS) is 15.2. The molecule has 0 fully saturated rings. The summed E-state index contributed by atoms with van der Waals surface area (Å²) in [6.45, 7) is 1.80. The van der Waals surface area contributed by atoms with Gasteiger partial charge < -0.3 is 24.7 Å². The molecule has 4 rings (SSSR count). The third kappa shape index (κ3) is 4.55. The van der Waals surface area contributed by atoms with Gasteiger partial charge in [0.1, 0.15) is 21.7 Å². The molecule has 2 aromatic carbocycles. The van der Waals surface area contributed by atoms with Gasteiger partial charge in [0, 0.05) is 16.3 Å². The van der Waals surface area contributed by atoms with Crippen molar-refractivity contribution in [2.75, 3.05) is 33.7 Å². The van der Waals surface area contributed by atoms with Crippen molar-refractivity contribution in [3.05, 3.63) is 75.9 Å². The molecule has 0 radical (unpaired) electrons. The van der Waals surface area contributed by atoms with Crippen LogP contribution in [0.3, 0.4) is 0 Å². The zero-order valence-corrected chi connectivity index (χ0v) is 21.6. The molecule has 1 atom stereocenters. The van der Waals surface area contributed by atoms with Crippen molar-refractivity contribution in [1.82, 2.24) is 4.57 Å². The van der Waals surface area contributed by atoms with Crippen molar-refractivity contribution >= 4 is 46.3 Å². The van der Waals surface area contributed by atoms with Crippen LogP contribution in [0.2, 0.25) is 0 Å². The number of carbonyl (C=O) groups excluding carboxylic acids is 3. The standard InChI is InChI=1S/C27H26N2O7S/c1-5-36-27(32)24-21-17(14-15-10-6-8-12-18(15)33-2)20(28)22(26(31)35-4)29(21)25(30)23(37-24)16-11-7-9-13-19(16)34-3/h6-14,23H,5,28H2,1-4H3/b17-14+/t23-/m0/s1. The van der Waals surface area contributed by atoms with Crippen LogP contribution < -0.4 is 25.8 Å². The number of anilines is 1. The fourth-order valence-electron chi connectivity index (χ4n) is 4.20. The molecule has 1 aliphatic rings. The van der Waals surface area contributed by atoms with E-state index in [0.717, 1.165) is 16.3 Å². The first-order valence-corrected chi connectivity index (χ1v) is 12.2. The summed E-state index contributed by atoms with van der Waals surface area (Å²) in [7, 11) is 4.21. The quantitative estimate of drug-likeness (QED) is 0.467. The second-order valence-corrected chi connectivity index (χ2v) is 8.98. The molecule has 0 bridgehead atoms. The highest BCUT2D eigenvalue weighted by Crippen LogP contribution is 2.43. The number of ether oxygens (including phenoxy) is 4. The number of nitrogen functional groups attached to an aromatic ring is 1. The van der Waals surface area contributed by atoms with E-state index >= 15 is 0 Å². The van der Waals surface area contributed by atoms with Gasteiger partial charge in [-0.2, -0.15) is 0 Å². The number of rotatable bonds is 7. The summed E-state index contributed by atoms with van der Waals surface area (Å²) in [5.41, 5.74) is 7.47. The first-order chi connectivity index (χ1) is 17.9. The summed E-state index contributed by atoms with van der Waals surface area (Å²) in [4.78, 5) is 40.3. The second-order valence-electron chi connectivity index (χ2n) is 7.87. The number of nitrogens with zero attached hydrogens (tertiary/aromatic N) is 1. The number of para-hydroxylation sites is 2. The third-order valence-corrected chi connectivity index (χ3v) is 7.13. The molecule has 2 heterocycles. The number of nitrogens with two attached hydrogens (primary N) is 1. The van der Waals surface area contributed by atoms with Crippen molar-refractivity contribution in [3.8, 4) is 11.5 Å². The van der Waals surface area contributed by atoms with E-state index in [-0.39, 0.29) is 28.2 Å². The highest BCUT2D eigenvalue weighted by Gasteiger charge is 2.39. The average Bonchev–Trinajstić information content (AvgIpc) is 3.21. The first-order valence-electron chi connectivity index (χ1n) is 11.4. The van der Waals surface area contributed by atoms with Gasteiger partial charge in [0.25, 0.3) is 0 Å². The fraction of sp³-hybridized carbons (Fsp3) is 0.222. The number of hydrogen-bond donors (Lipinski definition) is 1. The van der Waals surface area contributed by atoms with E-state index < -0.39 is 23.1 Å². The van der Waals surface area contributed by atoms with Crippen LogP contribution in [-0.4, -0.2) is 50.3 Å². The number of thioether (sulfide) groups is 1. The molecule has 192 valence electrons. The monoisotopic (exact) mass is 522 g/mol. The summed E-state index contributed by atoms with van der Waals surface area (Å²) >= 11 is 1.02. The van der Waals surface area contributed by atoms with Gasteiger partial charge in [0.2, 0.25) is 5.91 Å². The van der Waals surface area contributed by atoms with Crippen molar-refractivity contribution in [2.24, 2.45) is 0 Å². The largest absolute Gasteiger partial charge is 0.496 e. The fourth-order valence-corrected chi connectivity index (χ4v) is 5.43. The molecular weight excluding hydrogens is 496 g/mol. The molecule has 0 spiro atoms. The Morgan fingerprint density at radius 1 is 1.00 bits per heavy atom. The second kappa shape index (κ2) is 10.8. The highest BCUT2D eigenvalue weighted by atomic mass is 32.2. The lowest BCUT2D eigenvalue weighted by Gasteiger charge is -2.24. The van der Waals surface area contributed by atoms with Crippen molar-refractivity contribution in [3.63, 3.8) is 0 Å². The Kier molecular flexibility index (Phi) is 7.58. The number of esters is 2. The molecule has 0 unspecified atom stereocenters. The van der Waals surface area contributed by atoms with Crippen LogP contribution in [0, 0.1) is 0 Å². The molecular formula is C27H26N2O7S. The minimum absolute atomic E-state index is 0.0100. The molecule has 0 saturated heterocycles. The topological polar surface area (TPSA) is 119 Å². The van der Waals surface area contributed by atoms with E-state index in [9.17, 15) is 14.4 Å². The Labute approximate surface area is 217 Å². The zero-order valence-electron chi connectivity index (χ0n) is 20.8. The van der Waals surface area contributed by atoms with Crippen LogP contribution in [0.4, 0.5) is 5.69 Å². The van der Waals surface area contributed by atoms with Gasteiger partial charge in [-0.1, -0.05) is 48.2 Å². The van der Waals surface area contributed by atoms with Crippen molar-refractivity contribution < 1.29 is 33.3 Å². The SMILES string of the molecule is CCOC(=O)C1=c2/c(=C/c3ccccc3OC)c(N)c(C(=O)OC)n2C(=O)[C@H](c2ccccc2OC)S1. The van der Waals surface area contributed by atoms with Crippen LogP contribution in [0.15, 0.2) is 48.5 Å². The third-order valence-electron chi connectivity index (χ3n) is 5.84. The summed E-state index contributed by atoms with van der Waals surface area (Å²) in [5.74, 6) is -0.948. The predicted molar refractivity (Wildman–Crippen MR) is 140 cm³/mol. The smallest absolute Gasteiger partial charge is 0.357 e. The number of carbonyl (C=O) groups is 3. The minimum Gasteiger partial charge on any atom is -0.496 e. The van der Waals surface area contributed by atoms with E-state index in [4.69, 9.17) is 24.7 Å². The molecule has 3 aromatic rings. The Morgan fingerprint density at radius 2 is 1.65 bits per heavy atom. The van der Waals surface area contributed by atoms with Crippen LogP contribution in [0.1, 0.15) is 38.6 Å². The maximum Gasteiger partial charge on any atom is 0.357 e. The minimum atomic E-state index is -0.919. The Balaban J connectivity index is 2.14. The number of hydrogen-bond acceptors (Lipinski definition) is 9. The van der Waals surface area contributed by atoms with Gasteiger partial charge in [-0.15, -0.1) is 0 Å². The highest BCUT2D eigenvalue weighted by molar-refractivity contribution is 8.10. The van der Waals surface area contributed by atoms with Crippen molar-refractivity contribution in [2.45, 2.75) is 12.2 Å². The Morgan fingerprint density at radius 3 is 2.30 bits per heavy atom. The number of aromatic nitrogens is 1. The van der Waals surface area contributed by atoms with E-state index in [2.05, 4.69) is 0 Å². The van der Waals surface area contributed by atoms with Crippen molar-refractivity contribution in [1.29, 1.82) is 0 Å². The van der Waals surface area contributed by atoms with Gasteiger partial charge in [-0.25, -0.2) is 9.59 Å². The Hall–Kier alpha value is -4.18. The summed E-state index contributed by atoms with van der Waals surface area (Å²) in [6, 6.07) is 14.2. The number of benzene rings is 2. The lowest BCUT2D eigenvalue weighted by Crippen LogP contribution is -2.42. The van der Waals surface area contributed by atoms with Gasteiger partial charge in [0.05, 0.1) is 39.0 Å². The number of fused-ring (bicyclic) bond motifs is 1. The molecule has 0 saturated carbocycles. The van der Waals surface area contributed by atoms with E-state index in [1.54, 1.807) is 49.4 Å².